The lowest BCUT2D eigenvalue weighted by atomic mass is 9.78. The van der Waals surface area contributed by atoms with Gasteiger partial charge in [0.15, 0.2) is 0 Å². The Morgan fingerprint density at radius 1 is 1.47 bits per heavy atom. The molecule has 2 atom stereocenters. The van der Waals surface area contributed by atoms with Crippen LogP contribution in [0.2, 0.25) is 0 Å². The first-order chi connectivity index (χ1) is 6.96. The molecule has 0 rings (SSSR count). The molecule has 0 amide bonds. The maximum absolute atomic E-state index is 10.0. The molecule has 1 heteroatoms. The Balaban J connectivity index is 4.30. The van der Waals surface area contributed by atoms with Crippen molar-refractivity contribution in [2.45, 2.75) is 59.5 Å². The van der Waals surface area contributed by atoms with E-state index >= 15 is 0 Å². The van der Waals surface area contributed by atoms with Gasteiger partial charge in [0.1, 0.15) is 0 Å². The van der Waals surface area contributed by atoms with Gasteiger partial charge in [-0.05, 0) is 33.1 Å². The van der Waals surface area contributed by atoms with Crippen molar-refractivity contribution in [2.75, 3.05) is 0 Å². The number of rotatable bonds is 7. The molecule has 0 spiro atoms. The molecule has 0 bridgehead atoms. The van der Waals surface area contributed by atoms with Crippen LogP contribution in [-0.4, -0.2) is 11.2 Å². The number of hydrogen-bond donors (Lipinski definition) is 1. The second-order valence-electron chi connectivity index (χ2n) is 4.83. The summed E-state index contributed by atoms with van der Waals surface area (Å²) >= 11 is 0. The van der Waals surface area contributed by atoms with E-state index in [4.69, 9.17) is 0 Å². The lowest BCUT2D eigenvalue weighted by Crippen LogP contribution is -2.30. The van der Waals surface area contributed by atoms with Crippen molar-refractivity contribution in [3.8, 4) is 0 Å². The summed E-state index contributed by atoms with van der Waals surface area (Å²) in [7, 11) is 0. The molecule has 2 unspecified atom stereocenters. The minimum Gasteiger partial charge on any atom is -0.392 e. The van der Waals surface area contributed by atoms with Crippen LogP contribution in [-0.2, 0) is 0 Å². The zero-order valence-electron chi connectivity index (χ0n) is 10.7. The summed E-state index contributed by atoms with van der Waals surface area (Å²) < 4.78 is 0. The standard InChI is InChI=1S/C14H26O/c1-6-9-13(15)14(5,7-2)11-8-10-12(3)4/h7,10,13,15H,2,6,8-9,11H2,1,3-5H3. The van der Waals surface area contributed by atoms with Crippen LogP contribution in [0.4, 0.5) is 0 Å². The van der Waals surface area contributed by atoms with Gasteiger partial charge in [-0.2, -0.15) is 0 Å². The Morgan fingerprint density at radius 2 is 2.07 bits per heavy atom. The van der Waals surface area contributed by atoms with Crippen molar-refractivity contribution in [3.63, 3.8) is 0 Å². The topological polar surface area (TPSA) is 20.2 Å². The quantitative estimate of drug-likeness (QED) is 0.628. The number of hydrogen-bond acceptors (Lipinski definition) is 1. The van der Waals surface area contributed by atoms with Gasteiger partial charge in [-0.25, -0.2) is 0 Å². The highest BCUT2D eigenvalue weighted by molar-refractivity contribution is 5.00. The largest absolute Gasteiger partial charge is 0.392 e. The van der Waals surface area contributed by atoms with E-state index in [0.717, 1.165) is 25.7 Å². The van der Waals surface area contributed by atoms with Crippen LogP contribution in [0.5, 0.6) is 0 Å². The molecular weight excluding hydrogens is 184 g/mol. The highest BCUT2D eigenvalue weighted by Gasteiger charge is 2.28. The van der Waals surface area contributed by atoms with E-state index in [1.165, 1.54) is 5.57 Å². The fourth-order valence-electron chi connectivity index (χ4n) is 1.68. The maximum Gasteiger partial charge on any atom is 0.0628 e. The molecule has 1 nitrogen and oxygen atoms in total. The fraction of sp³-hybridized carbons (Fsp3) is 0.714. The zero-order chi connectivity index (χ0) is 11.9. The molecule has 0 radical (unpaired) electrons. The molecule has 88 valence electrons. The van der Waals surface area contributed by atoms with E-state index in [2.05, 4.69) is 40.3 Å². The summed E-state index contributed by atoms with van der Waals surface area (Å²) in [5.41, 5.74) is 1.20. The number of allylic oxidation sites excluding steroid dienone is 2. The Bertz CT molecular complexity index is 213. The van der Waals surface area contributed by atoms with Crippen LogP contribution in [0.25, 0.3) is 0 Å². The van der Waals surface area contributed by atoms with Crippen LogP contribution < -0.4 is 0 Å². The molecule has 0 heterocycles. The van der Waals surface area contributed by atoms with Crippen LogP contribution in [0.3, 0.4) is 0 Å². The van der Waals surface area contributed by atoms with Gasteiger partial charge in [-0.3, -0.25) is 0 Å². The van der Waals surface area contributed by atoms with Crippen LogP contribution in [0.1, 0.15) is 53.4 Å². The van der Waals surface area contributed by atoms with Crippen LogP contribution in [0.15, 0.2) is 24.3 Å². The lowest BCUT2D eigenvalue weighted by molar-refractivity contribution is 0.0570. The average Bonchev–Trinajstić information content (AvgIpc) is 2.17. The first-order valence-corrected chi connectivity index (χ1v) is 5.91. The van der Waals surface area contributed by atoms with Crippen molar-refractivity contribution in [3.05, 3.63) is 24.3 Å². The van der Waals surface area contributed by atoms with Gasteiger partial charge >= 0.3 is 0 Å². The van der Waals surface area contributed by atoms with E-state index in [1.807, 2.05) is 6.08 Å². The smallest absolute Gasteiger partial charge is 0.0628 e. The monoisotopic (exact) mass is 210 g/mol. The third kappa shape index (κ3) is 5.17. The molecule has 0 aliphatic rings. The minimum atomic E-state index is -0.259. The molecule has 0 aliphatic carbocycles. The Morgan fingerprint density at radius 3 is 2.47 bits per heavy atom. The number of aliphatic hydroxyl groups is 1. The fourth-order valence-corrected chi connectivity index (χ4v) is 1.68. The Kier molecular flexibility index (Phi) is 6.58. The predicted molar refractivity (Wildman–Crippen MR) is 67.9 cm³/mol. The summed E-state index contributed by atoms with van der Waals surface area (Å²) in [6.45, 7) is 12.3. The SMILES string of the molecule is C=CC(C)(CCC=C(C)C)C(O)CCC. The van der Waals surface area contributed by atoms with Gasteiger partial charge < -0.3 is 5.11 Å². The van der Waals surface area contributed by atoms with Crippen LogP contribution >= 0.6 is 0 Å². The molecule has 0 aromatic heterocycles. The van der Waals surface area contributed by atoms with Gasteiger partial charge in [0.25, 0.3) is 0 Å². The zero-order valence-corrected chi connectivity index (χ0v) is 10.7. The molecule has 0 aromatic carbocycles. The van der Waals surface area contributed by atoms with Gasteiger partial charge in [0.2, 0.25) is 0 Å². The first kappa shape index (κ1) is 14.4. The van der Waals surface area contributed by atoms with E-state index in [-0.39, 0.29) is 11.5 Å². The second-order valence-corrected chi connectivity index (χ2v) is 4.83. The Labute approximate surface area is 94.9 Å². The van der Waals surface area contributed by atoms with Crippen molar-refractivity contribution in [1.29, 1.82) is 0 Å². The average molecular weight is 210 g/mol. The molecule has 0 saturated carbocycles. The van der Waals surface area contributed by atoms with Crippen molar-refractivity contribution < 1.29 is 5.11 Å². The van der Waals surface area contributed by atoms with Gasteiger partial charge in [-0.1, -0.05) is 38.0 Å². The second kappa shape index (κ2) is 6.84. The highest BCUT2D eigenvalue weighted by atomic mass is 16.3. The van der Waals surface area contributed by atoms with Gasteiger partial charge in [0.05, 0.1) is 6.10 Å². The molecule has 15 heavy (non-hydrogen) atoms. The summed E-state index contributed by atoms with van der Waals surface area (Å²) in [5.74, 6) is 0. The number of aliphatic hydroxyl groups excluding tert-OH is 1. The van der Waals surface area contributed by atoms with E-state index in [0.29, 0.717) is 0 Å². The van der Waals surface area contributed by atoms with Crippen molar-refractivity contribution in [2.24, 2.45) is 5.41 Å². The van der Waals surface area contributed by atoms with E-state index < -0.39 is 0 Å². The lowest BCUT2D eigenvalue weighted by Gasteiger charge is -2.31. The normalized spacial score (nSPS) is 16.6. The minimum absolute atomic E-state index is 0.137. The van der Waals surface area contributed by atoms with Crippen molar-refractivity contribution >= 4 is 0 Å². The van der Waals surface area contributed by atoms with Crippen molar-refractivity contribution in [1.82, 2.24) is 0 Å². The third-order valence-corrected chi connectivity index (χ3v) is 3.03. The molecule has 0 aliphatic heterocycles. The summed E-state index contributed by atoms with van der Waals surface area (Å²) in [6.07, 6.45) is 7.75. The predicted octanol–water partition coefficient (Wildman–Crippen LogP) is 4.09. The van der Waals surface area contributed by atoms with E-state index in [1.54, 1.807) is 0 Å². The third-order valence-electron chi connectivity index (χ3n) is 3.03. The molecule has 0 saturated heterocycles. The molecule has 1 N–H and O–H groups in total. The Hall–Kier alpha value is -0.560. The van der Waals surface area contributed by atoms with E-state index in [9.17, 15) is 5.11 Å². The summed E-state index contributed by atoms with van der Waals surface area (Å²) in [5, 5.41) is 10.0. The molecule has 0 aromatic rings. The summed E-state index contributed by atoms with van der Waals surface area (Å²) in [4.78, 5) is 0. The summed E-state index contributed by atoms with van der Waals surface area (Å²) in [6, 6.07) is 0. The van der Waals surface area contributed by atoms with Gasteiger partial charge in [0, 0.05) is 5.41 Å². The van der Waals surface area contributed by atoms with Crippen LogP contribution in [0, 0.1) is 5.41 Å². The highest BCUT2D eigenvalue weighted by Crippen LogP contribution is 2.31. The molecular formula is C14H26O. The van der Waals surface area contributed by atoms with Gasteiger partial charge in [-0.15, -0.1) is 6.58 Å². The first-order valence-electron chi connectivity index (χ1n) is 5.91. The molecule has 0 fully saturated rings. The maximum atomic E-state index is 10.0.